The maximum absolute atomic E-state index is 11.2. The number of hydrogen-bond donors (Lipinski definition) is 1. The van der Waals surface area contributed by atoms with E-state index >= 15 is 0 Å². The average Bonchev–Trinajstić information content (AvgIpc) is 2.69. The van der Waals surface area contributed by atoms with E-state index in [4.69, 9.17) is 0 Å². The molecule has 0 saturated carbocycles. The van der Waals surface area contributed by atoms with Gasteiger partial charge < -0.3 is 10.1 Å². The Kier molecular flexibility index (Phi) is 2.85. The summed E-state index contributed by atoms with van der Waals surface area (Å²) < 4.78 is 4.61. The number of rotatable bonds is 2. The number of esters is 1. The molecule has 0 aromatic heterocycles. The molecule has 1 aliphatic carbocycles. The second kappa shape index (κ2) is 4.30. The first-order valence-electron chi connectivity index (χ1n) is 5.06. The van der Waals surface area contributed by atoms with Crippen LogP contribution in [0, 0.1) is 0 Å². The quantitative estimate of drug-likeness (QED) is 0.685. The van der Waals surface area contributed by atoms with Gasteiger partial charge in [-0.3, -0.25) is 0 Å². The first-order chi connectivity index (χ1) is 7.70. The van der Waals surface area contributed by atoms with Gasteiger partial charge in [-0.1, -0.05) is 18.2 Å². The van der Waals surface area contributed by atoms with Crippen LogP contribution in [0.4, 0.5) is 0 Å². The van der Waals surface area contributed by atoms with Crippen molar-refractivity contribution in [1.82, 2.24) is 5.32 Å². The zero-order valence-corrected chi connectivity index (χ0v) is 9.18. The fraction of sp³-hybridized carbons (Fsp3) is 0.364. The molecule has 1 aliphatic heterocycles. The maximum atomic E-state index is 11.2. The SMILES string of the molecule is COC(=O)C(C)NC1=NC2C=CC=CC2=N1. The van der Waals surface area contributed by atoms with Crippen LogP contribution in [0.3, 0.4) is 0 Å². The Morgan fingerprint density at radius 1 is 1.56 bits per heavy atom. The third-order valence-corrected chi connectivity index (χ3v) is 2.37. The van der Waals surface area contributed by atoms with Crippen molar-refractivity contribution < 1.29 is 9.53 Å². The monoisotopic (exact) mass is 219 g/mol. The predicted molar refractivity (Wildman–Crippen MR) is 61.6 cm³/mol. The second-order valence-corrected chi connectivity index (χ2v) is 3.57. The van der Waals surface area contributed by atoms with Gasteiger partial charge in [-0.05, 0) is 13.0 Å². The number of ether oxygens (including phenoxy) is 1. The van der Waals surface area contributed by atoms with Gasteiger partial charge in [0.25, 0.3) is 0 Å². The zero-order chi connectivity index (χ0) is 11.5. The Morgan fingerprint density at radius 2 is 2.38 bits per heavy atom. The number of carbonyl (C=O) groups is 1. The lowest BCUT2D eigenvalue weighted by molar-refractivity contribution is -0.142. The molecular weight excluding hydrogens is 206 g/mol. The van der Waals surface area contributed by atoms with Crippen LogP contribution < -0.4 is 5.32 Å². The van der Waals surface area contributed by atoms with E-state index in [0.717, 1.165) is 5.71 Å². The Hall–Kier alpha value is -1.91. The highest BCUT2D eigenvalue weighted by molar-refractivity contribution is 6.12. The molecule has 2 atom stereocenters. The van der Waals surface area contributed by atoms with Crippen LogP contribution in [0.25, 0.3) is 0 Å². The maximum Gasteiger partial charge on any atom is 0.328 e. The molecule has 2 aliphatic rings. The van der Waals surface area contributed by atoms with Crippen molar-refractivity contribution in [2.24, 2.45) is 9.98 Å². The number of fused-ring (bicyclic) bond motifs is 1. The molecule has 0 saturated heterocycles. The van der Waals surface area contributed by atoms with Gasteiger partial charge in [-0.15, -0.1) is 0 Å². The highest BCUT2D eigenvalue weighted by Gasteiger charge is 2.22. The van der Waals surface area contributed by atoms with E-state index in [1.807, 2.05) is 24.3 Å². The summed E-state index contributed by atoms with van der Waals surface area (Å²) in [4.78, 5) is 19.8. The first-order valence-corrected chi connectivity index (χ1v) is 5.06. The highest BCUT2D eigenvalue weighted by atomic mass is 16.5. The summed E-state index contributed by atoms with van der Waals surface area (Å²) in [5.41, 5.74) is 0.891. The topological polar surface area (TPSA) is 63.0 Å². The summed E-state index contributed by atoms with van der Waals surface area (Å²) in [5.74, 6) is 0.151. The molecule has 5 nitrogen and oxygen atoms in total. The minimum Gasteiger partial charge on any atom is -0.467 e. The fourth-order valence-corrected chi connectivity index (χ4v) is 1.52. The van der Waals surface area contributed by atoms with Crippen LogP contribution >= 0.6 is 0 Å². The molecule has 0 fully saturated rings. The number of hydrogen-bond acceptors (Lipinski definition) is 5. The van der Waals surface area contributed by atoms with Crippen molar-refractivity contribution >= 4 is 17.6 Å². The highest BCUT2D eigenvalue weighted by Crippen LogP contribution is 2.12. The van der Waals surface area contributed by atoms with Crippen molar-refractivity contribution in [3.05, 3.63) is 24.3 Å². The van der Waals surface area contributed by atoms with E-state index in [0.29, 0.717) is 5.96 Å². The average molecular weight is 219 g/mol. The number of methoxy groups -OCH3 is 1. The molecule has 0 spiro atoms. The lowest BCUT2D eigenvalue weighted by atomic mass is 10.1. The van der Waals surface area contributed by atoms with E-state index in [1.165, 1.54) is 7.11 Å². The molecule has 2 unspecified atom stereocenters. The smallest absolute Gasteiger partial charge is 0.328 e. The Morgan fingerprint density at radius 3 is 3.06 bits per heavy atom. The number of carbonyl (C=O) groups excluding carboxylic acids is 1. The first kappa shape index (κ1) is 10.6. The summed E-state index contributed by atoms with van der Waals surface area (Å²) >= 11 is 0. The van der Waals surface area contributed by atoms with E-state index in [1.54, 1.807) is 6.92 Å². The van der Waals surface area contributed by atoms with E-state index < -0.39 is 6.04 Å². The molecule has 0 bridgehead atoms. The summed E-state index contributed by atoms with van der Waals surface area (Å²) in [5, 5.41) is 2.91. The lowest BCUT2D eigenvalue weighted by Gasteiger charge is -2.10. The molecule has 0 aromatic rings. The summed E-state index contributed by atoms with van der Waals surface area (Å²) in [7, 11) is 1.36. The van der Waals surface area contributed by atoms with Crippen LogP contribution in [0.1, 0.15) is 6.92 Å². The van der Waals surface area contributed by atoms with Crippen LogP contribution in [-0.2, 0) is 9.53 Å². The summed E-state index contributed by atoms with van der Waals surface area (Å²) in [6.45, 7) is 1.71. The molecule has 1 N–H and O–H groups in total. The third-order valence-electron chi connectivity index (χ3n) is 2.37. The molecule has 1 heterocycles. The molecule has 84 valence electrons. The van der Waals surface area contributed by atoms with Gasteiger partial charge in [0.15, 0.2) is 0 Å². The molecule has 2 rings (SSSR count). The van der Waals surface area contributed by atoms with Crippen molar-refractivity contribution in [1.29, 1.82) is 0 Å². The molecule has 16 heavy (non-hydrogen) atoms. The number of allylic oxidation sites excluding steroid dienone is 2. The van der Waals surface area contributed by atoms with E-state index in [-0.39, 0.29) is 12.0 Å². The number of aliphatic imine (C=N–C) groups is 2. The molecule has 0 radical (unpaired) electrons. The predicted octanol–water partition coefficient (Wildman–Crippen LogP) is 0.443. The normalized spacial score (nSPS) is 23.2. The molecule has 0 amide bonds. The molecule has 5 heteroatoms. The third kappa shape index (κ3) is 2.03. The van der Waals surface area contributed by atoms with Crippen molar-refractivity contribution in [3.63, 3.8) is 0 Å². The van der Waals surface area contributed by atoms with Gasteiger partial charge in [0.1, 0.15) is 12.1 Å². The molecular formula is C11H13N3O2. The van der Waals surface area contributed by atoms with Gasteiger partial charge in [0.2, 0.25) is 5.96 Å². The van der Waals surface area contributed by atoms with Crippen LogP contribution in [0.2, 0.25) is 0 Å². The minimum atomic E-state index is -0.443. The standard InChI is InChI=1S/C11H13N3O2/c1-7(10(15)16-2)12-11-13-8-5-3-4-6-9(8)14-11/h3-8H,1-2H3,(H,12,13). The summed E-state index contributed by atoms with van der Waals surface area (Å²) in [6.07, 6.45) is 7.71. The fourth-order valence-electron chi connectivity index (χ4n) is 1.52. The Labute approximate surface area is 93.6 Å². The van der Waals surface area contributed by atoms with Gasteiger partial charge in [-0.25, -0.2) is 14.8 Å². The number of nitrogens with zero attached hydrogens (tertiary/aromatic N) is 2. The molecule has 0 aromatic carbocycles. The van der Waals surface area contributed by atoms with Gasteiger partial charge in [-0.2, -0.15) is 0 Å². The Balaban J connectivity index is 2.03. The number of guanidine groups is 1. The van der Waals surface area contributed by atoms with Gasteiger partial charge in [0.05, 0.1) is 12.8 Å². The summed E-state index contributed by atoms with van der Waals surface area (Å²) in [6, 6.07) is -0.460. The van der Waals surface area contributed by atoms with Crippen LogP contribution in [-0.4, -0.2) is 36.8 Å². The lowest BCUT2D eigenvalue weighted by Crippen LogP contribution is -2.38. The van der Waals surface area contributed by atoms with Crippen molar-refractivity contribution in [2.75, 3.05) is 7.11 Å². The second-order valence-electron chi connectivity index (χ2n) is 3.57. The minimum absolute atomic E-state index is 0.0163. The Bertz CT molecular complexity index is 421. The van der Waals surface area contributed by atoms with E-state index in [9.17, 15) is 4.79 Å². The van der Waals surface area contributed by atoms with Crippen LogP contribution in [0.5, 0.6) is 0 Å². The van der Waals surface area contributed by atoms with Crippen LogP contribution in [0.15, 0.2) is 34.3 Å². The number of nitrogens with one attached hydrogen (secondary N) is 1. The van der Waals surface area contributed by atoms with Crippen molar-refractivity contribution in [2.45, 2.75) is 19.0 Å². The van der Waals surface area contributed by atoms with Crippen molar-refractivity contribution in [3.8, 4) is 0 Å². The zero-order valence-electron chi connectivity index (χ0n) is 9.18. The van der Waals surface area contributed by atoms with Gasteiger partial charge >= 0.3 is 5.97 Å². The largest absolute Gasteiger partial charge is 0.467 e. The van der Waals surface area contributed by atoms with Gasteiger partial charge in [0, 0.05) is 0 Å². The van der Waals surface area contributed by atoms with E-state index in [2.05, 4.69) is 20.0 Å².